The highest BCUT2D eigenvalue weighted by atomic mass is 32.2. The van der Waals surface area contributed by atoms with E-state index in [1.54, 1.807) is 0 Å². The van der Waals surface area contributed by atoms with Crippen molar-refractivity contribution >= 4 is 49.5 Å². The fourth-order valence-corrected chi connectivity index (χ4v) is 3.14. The third-order valence-electron chi connectivity index (χ3n) is 3.47. The minimum Gasteiger partial charge on any atom is -0.368 e. The Morgan fingerprint density at radius 3 is 1.31 bits per heavy atom. The SMILES string of the molecule is Nc1nc(Nc2ccc(S(=O)(=O)O)cc2)nc(Nc2ccc(S(=O)(=O)O)cc2)n1. The standard InChI is InChI=1S/C15H14N6O6S2/c16-13-19-14(17-9-1-5-11(6-2-9)28(22,23)24)21-15(20-13)18-10-3-7-12(8-4-10)29(25,26)27/h1-8H,(H,22,23,24)(H,25,26,27)(H4,16,17,18,19,20,21). The van der Waals surface area contributed by atoms with Crippen LogP contribution >= 0.6 is 0 Å². The van der Waals surface area contributed by atoms with Gasteiger partial charge in [0.15, 0.2) is 0 Å². The highest BCUT2D eigenvalue weighted by molar-refractivity contribution is 7.86. The monoisotopic (exact) mass is 438 g/mol. The Morgan fingerprint density at radius 1 is 0.655 bits per heavy atom. The van der Waals surface area contributed by atoms with Gasteiger partial charge in [0.25, 0.3) is 20.2 Å². The summed E-state index contributed by atoms with van der Waals surface area (Å²) < 4.78 is 62.3. The van der Waals surface area contributed by atoms with Crippen molar-refractivity contribution in [2.24, 2.45) is 0 Å². The van der Waals surface area contributed by atoms with E-state index in [2.05, 4.69) is 25.6 Å². The molecule has 29 heavy (non-hydrogen) atoms. The lowest BCUT2D eigenvalue weighted by Gasteiger charge is -2.09. The summed E-state index contributed by atoms with van der Waals surface area (Å²) in [5.41, 5.74) is 6.51. The number of aromatic nitrogens is 3. The van der Waals surface area contributed by atoms with Gasteiger partial charge in [-0.3, -0.25) is 9.11 Å². The molecule has 0 unspecified atom stereocenters. The molecule has 0 aliphatic rings. The maximum Gasteiger partial charge on any atom is 0.294 e. The Bertz CT molecular complexity index is 1150. The van der Waals surface area contributed by atoms with Gasteiger partial charge in [-0.1, -0.05) is 0 Å². The van der Waals surface area contributed by atoms with Gasteiger partial charge in [0.2, 0.25) is 17.8 Å². The van der Waals surface area contributed by atoms with E-state index in [1.165, 1.54) is 48.5 Å². The zero-order valence-corrected chi connectivity index (χ0v) is 16.0. The molecule has 0 aliphatic heterocycles. The first-order valence-corrected chi connectivity index (χ1v) is 10.6. The Labute approximate surface area is 165 Å². The maximum absolute atomic E-state index is 11.1. The molecule has 0 amide bonds. The van der Waals surface area contributed by atoms with Crippen LogP contribution in [0.25, 0.3) is 0 Å². The number of nitrogens with zero attached hydrogens (tertiary/aromatic N) is 3. The lowest BCUT2D eigenvalue weighted by Crippen LogP contribution is -2.07. The minimum atomic E-state index is -4.31. The van der Waals surface area contributed by atoms with Gasteiger partial charge in [0.05, 0.1) is 9.79 Å². The average Bonchev–Trinajstić information content (AvgIpc) is 2.60. The van der Waals surface area contributed by atoms with Gasteiger partial charge in [-0.15, -0.1) is 0 Å². The molecule has 0 saturated heterocycles. The zero-order valence-electron chi connectivity index (χ0n) is 14.4. The summed E-state index contributed by atoms with van der Waals surface area (Å²) in [6.07, 6.45) is 0. The number of nitrogens with one attached hydrogen (secondary N) is 2. The lowest BCUT2D eigenvalue weighted by atomic mass is 10.3. The third-order valence-corrected chi connectivity index (χ3v) is 5.21. The Morgan fingerprint density at radius 2 is 1.00 bits per heavy atom. The zero-order chi connectivity index (χ0) is 21.2. The number of nitrogens with two attached hydrogens (primary N) is 1. The number of benzene rings is 2. The van der Waals surface area contributed by atoms with E-state index >= 15 is 0 Å². The second-order valence-corrected chi connectivity index (χ2v) is 8.43. The van der Waals surface area contributed by atoms with Crippen LogP contribution < -0.4 is 16.4 Å². The van der Waals surface area contributed by atoms with Gasteiger partial charge >= 0.3 is 0 Å². The normalized spacial score (nSPS) is 11.8. The molecule has 1 heterocycles. The van der Waals surface area contributed by atoms with Crippen molar-refractivity contribution in [2.45, 2.75) is 9.79 Å². The molecule has 0 fully saturated rings. The van der Waals surface area contributed by atoms with Crippen LogP contribution in [-0.4, -0.2) is 40.9 Å². The van der Waals surface area contributed by atoms with Crippen molar-refractivity contribution in [1.29, 1.82) is 0 Å². The molecule has 14 heteroatoms. The van der Waals surface area contributed by atoms with Crippen molar-refractivity contribution in [3.63, 3.8) is 0 Å². The molecule has 0 bridgehead atoms. The quantitative estimate of drug-likeness (QED) is 0.347. The van der Waals surface area contributed by atoms with Crippen LogP contribution in [0.5, 0.6) is 0 Å². The van der Waals surface area contributed by atoms with Crippen LogP contribution in [0, 0.1) is 0 Å². The largest absolute Gasteiger partial charge is 0.368 e. The molecule has 0 atom stereocenters. The number of hydrogen-bond donors (Lipinski definition) is 5. The van der Waals surface area contributed by atoms with Crippen molar-refractivity contribution in [2.75, 3.05) is 16.4 Å². The van der Waals surface area contributed by atoms with Crippen LogP contribution in [0.1, 0.15) is 0 Å². The van der Waals surface area contributed by atoms with Crippen LogP contribution in [0.15, 0.2) is 58.3 Å². The van der Waals surface area contributed by atoms with Crippen LogP contribution in [0.4, 0.5) is 29.2 Å². The van der Waals surface area contributed by atoms with E-state index in [-0.39, 0.29) is 27.6 Å². The molecule has 0 saturated carbocycles. The number of hydrogen-bond acceptors (Lipinski definition) is 10. The molecule has 0 radical (unpaired) electrons. The van der Waals surface area contributed by atoms with Gasteiger partial charge in [-0.2, -0.15) is 31.8 Å². The molecule has 0 aliphatic carbocycles. The maximum atomic E-state index is 11.1. The second-order valence-electron chi connectivity index (χ2n) is 5.59. The lowest BCUT2D eigenvalue weighted by molar-refractivity contribution is 0.481. The molecular formula is C15H14N6O6S2. The Hall–Kier alpha value is -3.33. The average molecular weight is 438 g/mol. The van der Waals surface area contributed by atoms with E-state index in [1.807, 2.05) is 0 Å². The van der Waals surface area contributed by atoms with Crippen molar-refractivity contribution < 1.29 is 25.9 Å². The Kier molecular flexibility index (Phi) is 5.34. The van der Waals surface area contributed by atoms with E-state index < -0.39 is 20.2 Å². The molecule has 3 rings (SSSR count). The van der Waals surface area contributed by atoms with Crippen molar-refractivity contribution in [1.82, 2.24) is 15.0 Å². The van der Waals surface area contributed by atoms with Crippen LogP contribution in [-0.2, 0) is 20.2 Å². The Balaban J connectivity index is 1.79. The van der Waals surface area contributed by atoms with E-state index in [0.717, 1.165) is 0 Å². The van der Waals surface area contributed by atoms with Gasteiger partial charge in [-0.05, 0) is 48.5 Å². The first-order valence-electron chi connectivity index (χ1n) is 7.71. The molecule has 2 aromatic carbocycles. The molecule has 0 spiro atoms. The van der Waals surface area contributed by atoms with Crippen LogP contribution in [0.3, 0.4) is 0 Å². The second kappa shape index (κ2) is 7.59. The van der Waals surface area contributed by atoms with E-state index in [0.29, 0.717) is 11.4 Å². The first-order chi connectivity index (χ1) is 13.5. The van der Waals surface area contributed by atoms with Crippen LogP contribution in [0.2, 0.25) is 0 Å². The van der Waals surface area contributed by atoms with E-state index in [4.69, 9.17) is 14.8 Å². The topological polar surface area (TPSA) is 197 Å². The van der Waals surface area contributed by atoms with Crippen molar-refractivity contribution in [3.8, 4) is 0 Å². The summed E-state index contributed by atoms with van der Waals surface area (Å²) in [6, 6.07) is 10.3. The number of rotatable bonds is 6. The van der Waals surface area contributed by atoms with Gasteiger partial charge in [-0.25, -0.2) is 0 Å². The summed E-state index contributed by atoms with van der Waals surface area (Å²) in [7, 11) is -8.61. The van der Waals surface area contributed by atoms with Gasteiger partial charge in [0.1, 0.15) is 0 Å². The van der Waals surface area contributed by atoms with E-state index in [9.17, 15) is 16.8 Å². The predicted octanol–water partition coefficient (Wildman–Crippen LogP) is 1.43. The van der Waals surface area contributed by atoms with Crippen molar-refractivity contribution in [3.05, 3.63) is 48.5 Å². The third kappa shape index (κ3) is 5.35. The minimum absolute atomic E-state index is 0.0501. The van der Waals surface area contributed by atoms with Gasteiger partial charge in [0, 0.05) is 11.4 Å². The highest BCUT2D eigenvalue weighted by Crippen LogP contribution is 2.20. The number of nitrogen functional groups attached to an aromatic ring is 1. The molecule has 3 aromatic rings. The molecule has 152 valence electrons. The van der Waals surface area contributed by atoms with Gasteiger partial charge < -0.3 is 16.4 Å². The summed E-state index contributed by atoms with van der Waals surface area (Å²) in [5, 5.41) is 5.62. The summed E-state index contributed by atoms with van der Waals surface area (Å²) in [6.45, 7) is 0. The summed E-state index contributed by atoms with van der Waals surface area (Å²) >= 11 is 0. The fourth-order valence-electron chi connectivity index (χ4n) is 2.18. The summed E-state index contributed by atoms with van der Waals surface area (Å²) in [4.78, 5) is 11.4. The molecular weight excluding hydrogens is 424 g/mol. The molecule has 12 nitrogen and oxygen atoms in total. The molecule has 6 N–H and O–H groups in total. The fraction of sp³-hybridized carbons (Fsp3) is 0. The summed E-state index contributed by atoms with van der Waals surface area (Å²) in [5.74, 6) is -0.0163. The smallest absolute Gasteiger partial charge is 0.294 e. The predicted molar refractivity (Wildman–Crippen MR) is 103 cm³/mol. The molecule has 1 aromatic heterocycles. The first kappa shape index (κ1) is 20.4. The highest BCUT2D eigenvalue weighted by Gasteiger charge is 2.11. The number of anilines is 5.